The summed E-state index contributed by atoms with van der Waals surface area (Å²) in [6.07, 6.45) is 0. The van der Waals surface area contributed by atoms with Crippen molar-refractivity contribution in [1.82, 2.24) is 4.57 Å². The lowest BCUT2D eigenvalue weighted by Crippen LogP contribution is -1.93. The molecule has 3 aromatic rings. The number of para-hydroxylation sites is 1. The van der Waals surface area contributed by atoms with E-state index in [4.69, 9.17) is 4.74 Å². The van der Waals surface area contributed by atoms with Gasteiger partial charge in [0.05, 0.1) is 12.6 Å². The summed E-state index contributed by atoms with van der Waals surface area (Å²) in [5, 5.41) is 2.61. The van der Waals surface area contributed by atoms with E-state index in [1.165, 1.54) is 21.8 Å². The van der Waals surface area contributed by atoms with Gasteiger partial charge < -0.3 is 9.30 Å². The van der Waals surface area contributed by atoms with Crippen molar-refractivity contribution >= 4 is 21.8 Å². The molecule has 1 heterocycles. The molecule has 0 fully saturated rings. The highest BCUT2D eigenvalue weighted by atomic mass is 16.5. The second-order valence-electron chi connectivity index (χ2n) is 4.14. The van der Waals surface area contributed by atoms with Gasteiger partial charge in [0.25, 0.3) is 0 Å². The van der Waals surface area contributed by atoms with Crippen molar-refractivity contribution < 1.29 is 4.74 Å². The first kappa shape index (κ1) is 10.2. The Morgan fingerprint density at radius 1 is 1.00 bits per heavy atom. The zero-order valence-electron chi connectivity index (χ0n) is 10.1. The van der Waals surface area contributed by atoms with Gasteiger partial charge in [-0.3, -0.25) is 0 Å². The molecular formula is C15H15NO. The maximum absolute atomic E-state index is 5.30. The van der Waals surface area contributed by atoms with Crippen LogP contribution in [0.15, 0.2) is 42.5 Å². The molecule has 2 heteroatoms. The summed E-state index contributed by atoms with van der Waals surface area (Å²) in [7, 11) is 1.71. The summed E-state index contributed by atoms with van der Waals surface area (Å²) < 4.78 is 7.63. The molecule has 0 saturated heterocycles. The first-order valence-corrected chi connectivity index (χ1v) is 5.90. The Bertz CT molecular complexity index is 682. The van der Waals surface area contributed by atoms with Crippen LogP contribution in [-0.2, 0) is 6.54 Å². The summed E-state index contributed by atoms with van der Waals surface area (Å²) in [6, 6.07) is 14.8. The number of aromatic nitrogens is 1. The van der Waals surface area contributed by atoms with Gasteiger partial charge in [-0.2, -0.15) is 0 Å². The van der Waals surface area contributed by atoms with E-state index in [-0.39, 0.29) is 0 Å². The predicted octanol–water partition coefficient (Wildman–Crippen LogP) is 3.82. The fourth-order valence-electron chi connectivity index (χ4n) is 2.50. The Morgan fingerprint density at radius 2 is 1.76 bits per heavy atom. The van der Waals surface area contributed by atoms with Gasteiger partial charge in [-0.25, -0.2) is 0 Å². The molecule has 0 unspecified atom stereocenters. The predicted molar refractivity (Wildman–Crippen MR) is 71.7 cm³/mol. The number of aryl methyl sites for hydroxylation is 1. The van der Waals surface area contributed by atoms with Gasteiger partial charge in [0.1, 0.15) is 5.75 Å². The van der Waals surface area contributed by atoms with Crippen LogP contribution in [-0.4, -0.2) is 11.7 Å². The van der Waals surface area contributed by atoms with Gasteiger partial charge in [-0.15, -0.1) is 0 Å². The van der Waals surface area contributed by atoms with E-state index in [1.807, 2.05) is 6.07 Å². The topological polar surface area (TPSA) is 14.2 Å². The smallest absolute Gasteiger partial charge is 0.120 e. The van der Waals surface area contributed by atoms with Gasteiger partial charge in [0, 0.05) is 28.9 Å². The van der Waals surface area contributed by atoms with Gasteiger partial charge in [0.15, 0.2) is 0 Å². The summed E-state index contributed by atoms with van der Waals surface area (Å²) in [5.74, 6) is 0.912. The zero-order chi connectivity index (χ0) is 11.8. The standard InChI is InChI=1S/C15H15NO/c1-3-16-14-7-5-4-6-12(14)13-9-8-11(17-2)10-15(13)16/h4-10H,3H2,1-2H3. The molecule has 0 aliphatic rings. The van der Waals surface area contributed by atoms with Crippen molar-refractivity contribution in [1.29, 1.82) is 0 Å². The molecule has 2 aromatic carbocycles. The molecule has 2 nitrogen and oxygen atoms in total. The number of rotatable bonds is 2. The lowest BCUT2D eigenvalue weighted by Gasteiger charge is -2.04. The Labute approximate surface area is 100 Å². The van der Waals surface area contributed by atoms with E-state index in [0.29, 0.717) is 0 Å². The molecule has 0 spiro atoms. The SMILES string of the molecule is CCn1c2ccccc2c2ccc(OC)cc21. The van der Waals surface area contributed by atoms with Crippen LogP contribution in [0, 0.1) is 0 Å². The van der Waals surface area contributed by atoms with Crippen LogP contribution in [0.2, 0.25) is 0 Å². The molecule has 0 atom stereocenters. The minimum Gasteiger partial charge on any atom is -0.497 e. The van der Waals surface area contributed by atoms with Crippen LogP contribution in [0.4, 0.5) is 0 Å². The number of methoxy groups -OCH3 is 1. The molecule has 0 N–H and O–H groups in total. The third kappa shape index (κ3) is 1.41. The van der Waals surface area contributed by atoms with E-state index >= 15 is 0 Å². The fraction of sp³-hybridized carbons (Fsp3) is 0.200. The highest BCUT2D eigenvalue weighted by Crippen LogP contribution is 2.31. The average molecular weight is 225 g/mol. The van der Waals surface area contributed by atoms with E-state index in [0.717, 1.165) is 12.3 Å². The summed E-state index contributed by atoms with van der Waals surface area (Å²) in [4.78, 5) is 0. The highest BCUT2D eigenvalue weighted by molar-refractivity contribution is 6.08. The first-order chi connectivity index (χ1) is 8.35. The van der Waals surface area contributed by atoms with Gasteiger partial charge in [-0.1, -0.05) is 18.2 Å². The first-order valence-electron chi connectivity index (χ1n) is 5.90. The molecule has 0 radical (unpaired) electrons. The maximum atomic E-state index is 5.30. The van der Waals surface area contributed by atoms with Crippen molar-refractivity contribution in [2.24, 2.45) is 0 Å². The van der Waals surface area contributed by atoms with Crippen molar-refractivity contribution in [3.05, 3.63) is 42.5 Å². The zero-order valence-corrected chi connectivity index (χ0v) is 10.1. The largest absolute Gasteiger partial charge is 0.497 e. The third-order valence-electron chi connectivity index (χ3n) is 3.30. The lowest BCUT2D eigenvalue weighted by molar-refractivity contribution is 0.415. The maximum Gasteiger partial charge on any atom is 0.120 e. The van der Waals surface area contributed by atoms with Gasteiger partial charge in [0.2, 0.25) is 0 Å². The van der Waals surface area contributed by atoms with E-state index in [9.17, 15) is 0 Å². The van der Waals surface area contributed by atoms with Crippen molar-refractivity contribution in [3.63, 3.8) is 0 Å². The van der Waals surface area contributed by atoms with E-state index in [2.05, 4.69) is 47.9 Å². The van der Waals surface area contributed by atoms with Crippen LogP contribution in [0.3, 0.4) is 0 Å². The molecular weight excluding hydrogens is 210 g/mol. The molecule has 0 saturated carbocycles. The van der Waals surface area contributed by atoms with Gasteiger partial charge in [-0.05, 0) is 25.1 Å². The molecule has 1 aromatic heterocycles. The number of ether oxygens (including phenoxy) is 1. The number of hydrogen-bond acceptors (Lipinski definition) is 1. The van der Waals surface area contributed by atoms with Crippen molar-refractivity contribution in [2.75, 3.05) is 7.11 Å². The minimum absolute atomic E-state index is 0.912. The molecule has 0 aliphatic carbocycles. The van der Waals surface area contributed by atoms with Crippen LogP contribution in [0.25, 0.3) is 21.8 Å². The number of hydrogen-bond donors (Lipinski definition) is 0. The monoisotopic (exact) mass is 225 g/mol. The van der Waals surface area contributed by atoms with E-state index in [1.54, 1.807) is 7.11 Å². The van der Waals surface area contributed by atoms with Crippen molar-refractivity contribution in [3.8, 4) is 5.75 Å². The number of fused-ring (bicyclic) bond motifs is 3. The van der Waals surface area contributed by atoms with Crippen LogP contribution in [0.1, 0.15) is 6.92 Å². The second-order valence-corrected chi connectivity index (χ2v) is 4.14. The molecule has 0 bridgehead atoms. The summed E-state index contributed by atoms with van der Waals surface area (Å²) in [5.41, 5.74) is 2.53. The lowest BCUT2D eigenvalue weighted by atomic mass is 10.1. The Hall–Kier alpha value is -1.96. The molecule has 0 aliphatic heterocycles. The number of nitrogens with zero attached hydrogens (tertiary/aromatic N) is 1. The summed E-state index contributed by atoms with van der Waals surface area (Å²) in [6.45, 7) is 3.14. The average Bonchev–Trinajstić information content (AvgIpc) is 2.71. The molecule has 17 heavy (non-hydrogen) atoms. The molecule has 3 rings (SSSR count). The number of benzene rings is 2. The van der Waals surface area contributed by atoms with E-state index < -0.39 is 0 Å². The second kappa shape index (κ2) is 3.81. The molecule has 0 amide bonds. The molecule has 86 valence electrons. The fourth-order valence-corrected chi connectivity index (χ4v) is 2.50. The highest BCUT2D eigenvalue weighted by Gasteiger charge is 2.09. The quantitative estimate of drug-likeness (QED) is 0.646. The Balaban J connectivity index is 2.49. The van der Waals surface area contributed by atoms with Crippen LogP contribution < -0.4 is 4.74 Å². The van der Waals surface area contributed by atoms with Crippen LogP contribution in [0.5, 0.6) is 5.75 Å². The van der Waals surface area contributed by atoms with Gasteiger partial charge >= 0.3 is 0 Å². The van der Waals surface area contributed by atoms with Crippen molar-refractivity contribution in [2.45, 2.75) is 13.5 Å². The normalized spacial score (nSPS) is 11.2. The minimum atomic E-state index is 0.912. The Kier molecular flexibility index (Phi) is 2.29. The third-order valence-corrected chi connectivity index (χ3v) is 3.30. The van der Waals surface area contributed by atoms with Crippen LogP contribution >= 0.6 is 0 Å². The Morgan fingerprint density at radius 3 is 2.53 bits per heavy atom. The summed E-state index contributed by atoms with van der Waals surface area (Å²) >= 11 is 0.